The number of carbonyl (C=O) groups excluding carboxylic acids is 2. The molecule has 0 amide bonds. The van der Waals surface area contributed by atoms with E-state index in [-0.39, 0.29) is 5.83 Å². The molecule has 1 aliphatic rings. The van der Waals surface area contributed by atoms with Gasteiger partial charge in [-0.25, -0.2) is 14.0 Å². The number of allylic oxidation sites excluding steroid dienone is 8. The van der Waals surface area contributed by atoms with Gasteiger partial charge < -0.3 is 20.4 Å². The first-order chi connectivity index (χ1) is 20.3. The number of hydrogen-bond acceptors (Lipinski definition) is 7. The monoisotopic (exact) mass is 582 g/mol. The number of benzene rings is 3. The summed E-state index contributed by atoms with van der Waals surface area (Å²) in [6.07, 6.45) is 11.5. The van der Waals surface area contributed by atoms with E-state index in [2.05, 4.69) is 0 Å². The van der Waals surface area contributed by atoms with Crippen molar-refractivity contribution in [1.29, 1.82) is 0 Å². The first kappa shape index (κ1) is 30.1. The second-order valence-corrected chi connectivity index (χ2v) is 10.1. The van der Waals surface area contributed by atoms with Crippen LogP contribution in [0.1, 0.15) is 48.2 Å². The zero-order valence-electron chi connectivity index (χ0n) is 23.3. The summed E-state index contributed by atoms with van der Waals surface area (Å²) in [5.74, 6) is -0.982. The van der Waals surface area contributed by atoms with E-state index in [0.717, 1.165) is 29.6 Å². The van der Waals surface area contributed by atoms with Crippen LogP contribution in [0.5, 0.6) is 5.75 Å². The first-order valence-corrected chi connectivity index (χ1v) is 14.1. The van der Waals surface area contributed by atoms with Crippen LogP contribution in [0.15, 0.2) is 119 Å². The molecule has 1 aliphatic carbocycles. The van der Waals surface area contributed by atoms with Crippen molar-refractivity contribution < 1.29 is 22.9 Å². The summed E-state index contributed by atoms with van der Waals surface area (Å²) in [7, 11) is 0. The number of nitrogens with two attached hydrogens (primary N) is 2. The molecule has 0 aliphatic heterocycles. The molecule has 0 spiro atoms. The van der Waals surface area contributed by atoms with Crippen molar-refractivity contribution in [2.45, 2.75) is 31.6 Å². The minimum Gasteiger partial charge on any atom is -0.423 e. The SMILES string of the molecule is CCC1=C(CC)C(F)=CC(c2ccc(C(=O)Oc3ccc(/C=C/C(=O)OSc4ccc(N)cc4N)cc3)cc2)=CC=C1. The predicted molar refractivity (Wildman–Crippen MR) is 168 cm³/mol. The van der Waals surface area contributed by atoms with E-state index < -0.39 is 11.9 Å². The van der Waals surface area contributed by atoms with Crippen LogP contribution < -0.4 is 16.2 Å². The average molecular weight is 583 g/mol. The number of rotatable bonds is 9. The van der Waals surface area contributed by atoms with Crippen LogP contribution in [0.4, 0.5) is 15.8 Å². The van der Waals surface area contributed by atoms with Gasteiger partial charge in [-0.15, -0.1) is 0 Å². The van der Waals surface area contributed by atoms with Crippen LogP contribution in [-0.2, 0) is 8.98 Å². The molecule has 0 saturated heterocycles. The molecule has 214 valence electrons. The maximum atomic E-state index is 15.0. The summed E-state index contributed by atoms with van der Waals surface area (Å²) in [4.78, 5) is 25.4. The van der Waals surface area contributed by atoms with Crippen LogP contribution in [0.25, 0.3) is 11.6 Å². The molecule has 0 fully saturated rings. The average Bonchev–Trinajstić information content (AvgIpc) is 2.98. The third-order valence-corrected chi connectivity index (χ3v) is 7.27. The predicted octanol–water partition coefficient (Wildman–Crippen LogP) is 8.26. The van der Waals surface area contributed by atoms with E-state index in [1.807, 2.05) is 32.1 Å². The van der Waals surface area contributed by atoms with Gasteiger partial charge >= 0.3 is 11.9 Å². The molecule has 8 heteroatoms. The van der Waals surface area contributed by atoms with Crippen molar-refractivity contribution in [3.8, 4) is 5.75 Å². The standard InChI is InChI=1S/C34H31FN2O4S/c1-3-23-6-5-7-26(20-30(35)29(23)4-2)24-11-13-25(14-12-24)34(39)40-28-16-8-22(9-17-28)10-19-33(38)41-42-32-18-15-27(36)21-31(32)37/h5-21H,3-4,36-37H2,1-2H3/b6-5?,7-5?,19-10+,23-6?,26-7?,26-20?,29-23?,30-20?,30-29?. The Balaban J connectivity index is 1.33. The fraction of sp³-hybridized carbons (Fsp3) is 0.118. The van der Waals surface area contributed by atoms with Gasteiger partial charge in [-0.3, -0.25) is 0 Å². The molecule has 3 aromatic rings. The second-order valence-electron chi connectivity index (χ2n) is 9.34. The van der Waals surface area contributed by atoms with Gasteiger partial charge in [0.15, 0.2) is 0 Å². The van der Waals surface area contributed by atoms with Crippen molar-refractivity contribution >= 4 is 47.0 Å². The number of nitrogen functional groups attached to an aromatic ring is 2. The van der Waals surface area contributed by atoms with E-state index in [4.69, 9.17) is 20.4 Å². The third-order valence-electron chi connectivity index (χ3n) is 6.47. The number of halogens is 1. The molecule has 0 radical (unpaired) electrons. The lowest BCUT2D eigenvalue weighted by Crippen LogP contribution is -2.08. The number of carbonyl (C=O) groups is 2. The van der Waals surface area contributed by atoms with Gasteiger partial charge in [-0.2, -0.15) is 0 Å². The summed E-state index contributed by atoms with van der Waals surface area (Å²) < 4.78 is 25.6. The topological polar surface area (TPSA) is 105 Å². The van der Waals surface area contributed by atoms with Crippen molar-refractivity contribution in [2.75, 3.05) is 11.5 Å². The van der Waals surface area contributed by atoms with Crippen LogP contribution >= 0.6 is 12.0 Å². The Bertz CT molecular complexity index is 1620. The molecule has 0 aromatic heterocycles. The Morgan fingerprint density at radius 1 is 0.952 bits per heavy atom. The number of esters is 1. The van der Waals surface area contributed by atoms with E-state index in [1.54, 1.807) is 72.8 Å². The summed E-state index contributed by atoms with van der Waals surface area (Å²) in [5.41, 5.74) is 16.7. The Hall–Kier alpha value is -4.82. The Kier molecular flexibility index (Phi) is 10.2. The summed E-state index contributed by atoms with van der Waals surface area (Å²) in [6.45, 7) is 3.96. The molecule has 0 bridgehead atoms. The highest BCUT2D eigenvalue weighted by atomic mass is 32.2. The molecule has 0 unspecified atom stereocenters. The van der Waals surface area contributed by atoms with Gasteiger partial charge in [-0.1, -0.05) is 56.3 Å². The normalized spacial score (nSPS) is 13.3. The van der Waals surface area contributed by atoms with Crippen molar-refractivity contribution in [1.82, 2.24) is 0 Å². The zero-order valence-corrected chi connectivity index (χ0v) is 24.1. The lowest BCUT2D eigenvalue weighted by molar-refractivity contribution is -0.127. The van der Waals surface area contributed by atoms with Gasteiger partial charge in [0.1, 0.15) is 11.6 Å². The Morgan fingerprint density at radius 3 is 2.36 bits per heavy atom. The number of anilines is 2. The molecule has 0 saturated carbocycles. The molecule has 42 heavy (non-hydrogen) atoms. The number of hydrogen-bond donors (Lipinski definition) is 2. The molecular formula is C34H31FN2O4S. The zero-order chi connectivity index (χ0) is 30.1. The fourth-order valence-electron chi connectivity index (χ4n) is 4.23. The summed E-state index contributed by atoms with van der Waals surface area (Å²) in [5, 5.41) is 0. The lowest BCUT2D eigenvalue weighted by Gasteiger charge is -2.12. The van der Waals surface area contributed by atoms with Crippen LogP contribution in [-0.4, -0.2) is 11.9 Å². The lowest BCUT2D eigenvalue weighted by atomic mass is 9.95. The first-order valence-electron chi connectivity index (χ1n) is 13.4. The molecule has 4 N–H and O–H groups in total. The van der Waals surface area contributed by atoms with Gasteiger partial charge in [0, 0.05) is 11.8 Å². The maximum absolute atomic E-state index is 15.0. The van der Waals surface area contributed by atoms with Crippen LogP contribution in [0, 0.1) is 0 Å². The number of ether oxygens (including phenoxy) is 1. The molecule has 0 atom stereocenters. The summed E-state index contributed by atoms with van der Waals surface area (Å²) >= 11 is 0.853. The van der Waals surface area contributed by atoms with E-state index in [0.29, 0.717) is 50.7 Å². The van der Waals surface area contributed by atoms with Crippen LogP contribution in [0.3, 0.4) is 0 Å². The Morgan fingerprint density at radius 2 is 1.69 bits per heavy atom. The quantitative estimate of drug-likeness (QED) is 0.0860. The highest BCUT2D eigenvalue weighted by molar-refractivity contribution is 7.95. The minimum absolute atomic E-state index is 0.245. The van der Waals surface area contributed by atoms with E-state index in [9.17, 15) is 14.0 Å². The van der Waals surface area contributed by atoms with Crippen LogP contribution in [0.2, 0.25) is 0 Å². The Labute approximate surface area is 249 Å². The highest BCUT2D eigenvalue weighted by Crippen LogP contribution is 2.30. The van der Waals surface area contributed by atoms with Crippen molar-refractivity contribution in [3.63, 3.8) is 0 Å². The molecule has 6 nitrogen and oxygen atoms in total. The molecule has 3 aromatic carbocycles. The minimum atomic E-state index is -0.562. The molecule has 4 rings (SSSR count). The van der Waals surface area contributed by atoms with Gasteiger partial charge in [0.25, 0.3) is 0 Å². The van der Waals surface area contributed by atoms with Gasteiger partial charge in [-0.05, 0) is 95.3 Å². The second kappa shape index (κ2) is 14.2. The highest BCUT2D eigenvalue weighted by Gasteiger charge is 2.13. The summed E-state index contributed by atoms with van der Waals surface area (Å²) in [6, 6.07) is 18.4. The molecular weight excluding hydrogens is 551 g/mol. The maximum Gasteiger partial charge on any atom is 0.343 e. The van der Waals surface area contributed by atoms with E-state index in [1.165, 1.54) is 12.2 Å². The van der Waals surface area contributed by atoms with Crippen molar-refractivity contribution in [3.05, 3.63) is 131 Å². The molecule has 0 heterocycles. The van der Waals surface area contributed by atoms with Crippen molar-refractivity contribution in [2.24, 2.45) is 0 Å². The smallest absolute Gasteiger partial charge is 0.343 e. The van der Waals surface area contributed by atoms with Gasteiger partial charge in [0.2, 0.25) is 0 Å². The largest absolute Gasteiger partial charge is 0.423 e. The fourth-order valence-corrected chi connectivity index (χ4v) is 4.74. The third kappa shape index (κ3) is 7.89. The van der Waals surface area contributed by atoms with Gasteiger partial charge in [0.05, 0.1) is 28.2 Å². The van der Waals surface area contributed by atoms with E-state index >= 15 is 0 Å².